The molecule has 6 nitrogen and oxygen atoms in total. The summed E-state index contributed by atoms with van der Waals surface area (Å²) in [6.07, 6.45) is 6.45. The van der Waals surface area contributed by atoms with Gasteiger partial charge >= 0.3 is 0 Å². The molecule has 0 radical (unpaired) electrons. The average Bonchev–Trinajstić information content (AvgIpc) is 3.33. The molecule has 1 atom stereocenters. The van der Waals surface area contributed by atoms with Gasteiger partial charge < -0.3 is 9.88 Å². The summed E-state index contributed by atoms with van der Waals surface area (Å²) in [6, 6.07) is 4.05. The van der Waals surface area contributed by atoms with Gasteiger partial charge in [-0.2, -0.15) is 0 Å². The third-order valence-corrected chi connectivity index (χ3v) is 5.85. The van der Waals surface area contributed by atoms with Crippen LogP contribution in [0.5, 0.6) is 0 Å². The zero-order valence-electron chi connectivity index (χ0n) is 14.4. The number of aromatic nitrogens is 3. The smallest absolute Gasteiger partial charge is 0.263 e. The van der Waals surface area contributed by atoms with E-state index in [1.807, 2.05) is 26.4 Å². The number of pyridine rings is 1. The molecule has 1 aliphatic heterocycles. The van der Waals surface area contributed by atoms with Gasteiger partial charge in [0.25, 0.3) is 5.91 Å². The van der Waals surface area contributed by atoms with Crippen molar-refractivity contribution in [2.45, 2.75) is 18.9 Å². The predicted octanol–water partition coefficient (Wildman–Crippen LogP) is 2.71. The molecule has 0 aromatic carbocycles. The van der Waals surface area contributed by atoms with Crippen molar-refractivity contribution in [3.05, 3.63) is 47.0 Å². The molecule has 1 amide bonds. The molecule has 25 heavy (non-hydrogen) atoms. The van der Waals surface area contributed by atoms with Gasteiger partial charge in [0.05, 0.1) is 11.2 Å². The fourth-order valence-electron chi connectivity index (χ4n) is 3.54. The lowest BCUT2D eigenvalue weighted by atomic mass is 9.95. The molecule has 4 rings (SSSR count). The minimum absolute atomic E-state index is 0.0741. The van der Waals surface area contributed by atoms with Gasteiger partial charge in [-0.3, -0.25) is 9.69 Å². The number of thiophene rings is 1. The van der Waals surface area contributed by atoms with E-state index in [4.69, 9.17) is 0 Å². The lowest BCUT2D eigenvalue weighted by molar-refractivity contribution is 0.0831. The van der Waals surface area contributed by atoms with E-state index in [0.29, 0.717) is 5.92 Å². The summed E-state index contributed by atoms with van der Waals surface area (Å²) in [5.41, 5.74) is 2.31. The first kappa shape index (κ1) is 16.2. The van der Waals surface area contributed by atoms with Crippen LogP contribution in [-0.4, -0.2) is 57.8 Å². The van der Waals surface area contributed by atoms with Crippen molar-refractivity contribution in [1.82, 2.24) is 24.8 Å². The fraction of sp³-hybridized carbons (Fsp3) is 0.389. The largest absolute Gasteiger partial charge is 0.347 e. The van der Waals surface area contributed by atoms with E-state index < -0.39 is 0 Å². The normalized spacial score (nSPS) is 18.1. The Morgan fingerprint density at radius 3 is 3.12 bits per heavy atom. The van der Waals surface area contributed by atoms with Crippen LogP contribution in [0.25, 0.3) is 10.2 Å². The molecule has 4 heterocycles. The summed E-state index contributed by atoms with van der Waals surface area (Å²) in [5, 5.41) is 1.13. The van der Waals surface area contributed by atoms with E-state index in [1.165, 1.54) is 16.9 Å². The van der Waals surface area contributed by atoms with Crippen molar-refractivity contribution in [2.75, 3.05) is 27.2 Å². The Balaban J connectivity index is 1.66. The number of carbonyl (C=O) groups is 1. The molecule has 3 aromatic heterocycles. The Kier molecular flexibility index (Phi) is 4.27. The number of likely N-dealkylation sites (tertiary alicyclic amines) is 1. The number of H-pyrrole nitrogens is 1. The lowest BCUT2D eigenvalue weighted by Gasteiger charge is -2.17. The van der Waals surface area contributed by atoms with Crippen molar-refractivity contribution in [3.63, 3.8) is 0 Å². The highest BCUT2D eigenvalue weighted by Crippen LogP contribution is 2.39. The summed E-state index contributed by atoms with van der Waals surface area (Å²) < 4.78 is 0. The first-order chi connectivity index (χ1) is 12.1. The van der Waals surface area contributed by atoms with Crippen LogP contribution < -0.4 is 0 Å². The van der Waals surface area contributed by atoms with E-state index in [2.05, 4.69) is 25.9 Å². The minimum Gasteiger partial charge on any atom is -0.347 e. The number of fused-ring (bicyclic) bond motifs is 1. The van der Waals surface area contributed by atoms with E-state index >= 15 is 0 Å². The van der Waals surface area contributed by atoms with Crippen LogP contribution in [0.2, 0.25) is 0 Å². The standard InChI is InChI=1S/C18H21N5OS/c1-22(2)18(24)16-15(14-4-3-6-20-17(14)25-16)12-5-7-23(9-12)10-13-8-19-11-21-13/h3-4,6,8,11-12H,5,7,9-10H2,1-2H3,(H,19,21)/t12-/m1/s1. The highest BCUT2D eigenvalue weighted by molar-refractivity contribution is 7.20. The molecule has 1 saturated heterocycles. The minimum atomic E-state index is 0.0741. The van der Waals surface area contributed by atoms with E-state index in [1.54, 1.807) is 17.4 Å². The highest BCUT2D eigenvalue weighted by Gasteiger charge is 2.31. The number of nitrogens with zero attached hydrogens (tertiary/aromatic N) is 4. The maximum Gasteiger partial charge on any atom is 0.263 e. The summed E-state index contributed by atoms with van der Waals surface area (Å²) in [4.78, 5) is 30.3. The van der Waals surface area contributed by atoms with Crippen LogP contribution in [0.15, 0.2) is 30.9 Å². The van der Waals surface area contributed by atoms with Gasteiger partial charge in [-0.1, -0.05) is 6.07 Å². The second-order valence-electron chi connectivity index (χ2n) is 6.70. The molecule has 7 heteroatoms. The van der Waals surface area contributed by atoms with Gasteiger partial charge in [-0.25, -0.2) is 9.97 Å². The van der Waals surface area contributed by atoms with Crippen molar-refractivity contribution < 1.29 is 4.79 Å². The molecule has 1 N–H and O–H groups in total. The summed E-state index contributed by atoms with van der Waals surface area (Å²) in [5.74, 6) is 0.435. The number of carbonyl (C=O) groups excluding carboxylic acids is 1. The number of amides is 1. The molecule has 0 bridgehead atoms. The zero-order valence-corrected chi connectivity index (χ0v) is 15.2. The Hall–Kier alpha value is -2.25. The molecule has 0 unspecified atom stereocenters. The van der Waals surface area contributed by atoms with Gasteiger partial charge in [-0.15, -0.1) is 11.3 Å². The molecule has 130 valence electrons. The number of rotatable bonds is 4. The monoisotopic (exact) mass is 355 g/mol. The predicted molar refractivity (Wildman–Crippen MR) is 98.9 cm³/mol. The quantitative estimate of drug-likeness (QED) is 0.781. The number of aromatic amines is 1. The first-order valence-corrected chi connectivity index (χ1v) is 9.24. The molecular formula is C18H21N5OS. The summed E-state index contributed by atoms with van der Waals surface area (Å²) in [6.45, 7) is 2.85. The average molecular weight is 355 g/mol. The van der Waals surface area contributed by atoms with Crippen molar-refractivity contribution in [1.29, 1.82) is 0 Å². The lowest BCUT2D eigenvalue weighted by Crippen LogP contribution is -2.23. The van der Waals surface area contributed by atoms with Crippen LogP contribution in [-0.2, 0) is 6.54 Å². The van der Waals surface area contributed by atoms with Crippen LogP contribution in [0.3, 0.4) is 0 Å². The van der Waals surface area contributed by atoms with Crippen molar-refractivity contribution >= 4 is 27.5 Å². The van der Waals surface area contributed by atoms with Crippen LogP contribution in [0.1, 0.15) is 33.3 Å². The molecule has 0 saturated carbocycles. The molecule has 3 aromatic rings. The molecular weight excluding hydrogens is 334 g/mol. The van der Waals surface area contributed by atoms with Gasteiger partial charge in [-0.05, 0) is 24.6 Å². The van der Waals surface area contributed by atoms with E-state index in [0.717, 1.165) is 46.8 Å². The Morgan fingerprint density at radius 1 is 1.48 bits per heavy atom. The van der Waals surface area contributed by atoms with Crippen LogP contribution in [0, 0.1) is 0 Å². The maximum atomic E-state index is 12.7. The second kappa shape index (κ2) is 6.57. The molecule has 0 spiro atoms. The zero-order chi connectivity index (χ0) is 17.4. The Morgan fingerprint density at radius 2 is 2.36 bits per heavy atom. The molecule has 0 aliphatic carbocycles. The van der Waals surface area contributed by atoms with Crippen LogP contribution >= 0.6 is 11.3 Å². The third kappa shape index (κ3) is 3.05. The highest BCUT2D eigenvalue weighted by atomic mass is 32.1. The first-order valence-electron chi connectivity index (χ1n) is 8.42. The molecule has 1 fully saturated rings. The summed E-state index contributed by atoms with van der Waals surface area (Å²) in [7, 11) is 3.62. The van der Waals surface area contributed by atoms with Crippen LogP contribution in [0.4, 0.5) is 0 Å². The number of imidazole rings is 1. The second-order valence-corrected chi connectivity index (χ2v) is 7.70. The number of nitrogens with one attached hydrogen (secondary N) is 1. The maximum absolute atomic E-state index is 12.7. The SMILES string of the molecule is CN(C)C(=O)c1sc2ncccc2c1[C@@H]1CCN(Cc2cnc[nH]2)C1. The summed E-state index contributed by atoms with van der Waals surface area (Å²) >= 11 is 1.52. The Labute approximate surface area is 150 Å². The number of hydrogen-bond donors (Lipinski definition) is 1. The third-order valence-electron chi connectivity index (χ3n) is 4.73. The van der Waals surface area contributed by atoms with Gasteiger partial charge in [0, 0.05) is 56.6 Å². The van der Waals surface area contributed by atoms with E-state index in [9.17, 15) is 4.79 Å². The van der Waals surface area contributed by atoms with Gasteiger partial charge in [0.2, 0.25) is 0 Å². The topological polar surface area (TPSA) is 65.1 Å². The van der Waals surface area contributed by atoms with Crippen molar-refractivity contribution in [2.24, 2.45) is 0 Å². The van der Waals surface area contributed by atoms with Crippen molar-refractivity contribution in [3.8, 4) is 0 Å². The Bertz CT molecular complexity index is 886. The number of hydrogen-bond acceptors (Lipinski definition) is 5. The van der Waals surface area contributed by atoms with Gasteiger partial charge in [0.1, 0.15) is 4.83 Å². The fourth-order valence-corrected chi connectivity index (χ4v) is 4.79. The molecule has 1 aliphatic rings. The van der Waals surface area contributed by atoms with Gasteiger partial charge in [0.15, 0.2) is 0 Å². The van der Waals surface area contributed by atoms with E-state index in [-0.39, 0.29) is 5.91 Å².